The molecule has 0 fully saturated rings. The van der Waals surface area contributed by atoms with E-state index in [1.165, 1.54) is 26.2 Å². The predicted molar refractivity (Wildman–Crippen MR) is 62.7 cm³/mol. The first-order valence-corrected chi connectivity index (χ1v) is 5.60. The third-order valence-corrected chi connectivity index (χ3v) is 2.85. The first-order chi connectivity index (χ1) is 8.75. The van der Waals surface area contributed by atoms with Crippen molar-refractivity contribution in [3.8, 4) is 5.75 Å². The van der Waals surface area contributed by atoms with Crippen LogP contribution in [0.15, 0.2) is 18.2 Å². The van der Waals surface area contributed by atoms with Crippen LogP contribution in [0.5, 0.6) is 5.75 Å². The van der Waals surface area contributed by atoms with Crippen molar-refractivity contribution in [1.29, 1.82) is 0 Å². The van der Waals surface area contributed by atoms with Crippen molar-refractivity contribution in [3.05, 3.63) is 24.0 Å². The minimum Gasteiger partial charge on any atom is -0.492 e. The molecular weight excluding hydrogens is 266 g/mol. The van der Waals surface area contributed by atoms with Crippen LogP contribution in [0.2, 0.25) is 0 Å². The fourth-order valence-corrected chi connectivity index (χ4v) is 1.52. The largest absolute Gasteiger partial charge is 0.492 e. The quantitative estimate of drug-likeness (QED) is 0.815. The van der Waals surface area contributed by atoms with Crippen LogP contribution in [0.25, 0.3) is 0 Å². The van der Waals surface area contributed by atoms with E-state index in [4.69, 9.17) is 4.74 Å². The van der Waals surface area contributed by atoms with Gasteiger partial charge in [-0.25, -0.2) is 4.39 Å². The molecule has 0 heterocycles. The molecule has 19 heavy (non-hydrogen) atoms. The van der Waals surface area contributed by atoms with Gasteiger partial charge in [0, 0.05) is 0 Å². The second kappa shape index (κ2) is 5.64. The summed E-state index contributed by atoms with van der Waals surface area (Å²) in [4.78, 5) is 0. The van der Waals surface area contributed by atoms with Gasteiger partial charge in [0.05, 0.1) is 19.3 Å². The average molecular weight is 281 g/mol. The van der Waals surface area contributed by atoms with Gasteiger partial charge < -0.3 is 15.2 Å². The first kappa shape index (κ1) is 15.6. The lowest BCUT2D eigenvalue weighted by molar-refractivity contribution is -0.255. The molecule has 1 aromatic carbocycles. The van der Waals surface area contributed by atoms with Gasteiger partial charge >= 0.3 is 6.18 Å². The highest BCUT2D eigenvalue weighted by atomic mass is 19.4. The highest BCUT2D eigenvalue weighted by Gasteiger charge is 2.52. The number of methoxy groups -OCH3 is 1. The summed E-state index contributed by atoms with van der Waals surface area (Å²) in [5.41, 5.74) is -2.82. The number of rotatable bonds is 5. The fourth-order valence-electron chi connectivity index (χ4n) is 1.52. The van der Waals surface area contributed by atoms with E-state index in [9.17, 15) is 22.7 Å². The summed E-state index contributed by atoms with van der Waals surface area (Å²) in [5.74, 6) is -0.886. The molecule has 1 aromatic rings. The molecule has 0 aliphatic rings. The average Bonchev–Trinajstić information content (AvgIpc) is 2.34. The molecule has 0 saturated heterocycles. The van der Waals surface area contributed by atoms with Crippen molar-refractivity contribution in [2.75, 3.05) is 19.0 Å². The molecule has 0 radical (unpaired) electrons. The first-order valence-electron chi connectivity index (χ1n) is 5.60. The lowest BCUT2D eigenvalue weighted by Crippen LogP contribution is -2.50. The number of aliphatic hydroxyl groups is 1. The van der Waals surface area contributed by atoms with Crippen LogP contribution in [0.4, 0.5) is 23.2 Å². The molecule has 2 N–H and O–H groups in total. The van der Waals surface area contributed by atoms with Crippen LogP contribution in [0.1, 0.15) is 13.3 Å². The molecule has 1 unspecified atom stereocenters. The fraction of sp³-hybridized carbons (Fsp3) is 0.500. The maximum absolute atomic E-state index is 13.3. The summed E-state index contributed by atoms with van der Waals surface area (Å²) in [6.07, 6.45) is -5.28. The molecule has 0 aromatic heterocycles. The van der Waals surface area contributed by atoms with E-state index < -0.39 is 30.6 Å². The maximum Gasteiger partial charge on any atom is 0.418 e. The van der Waals surface area contributed by atoms with E-state index in [-0.39, 0.29) is 11.4 Å². The van der Waals surface area contributed by atoms with Crippen LogP contribution in [0, 0.1) is 5.82 Å². The van der Waals surface area contributed by atoms with Crippen molar-refractivity contribution >= 4 is 5.69 Å². The number of anilines is 1. The molecule has 0 amide bonds. The zero-order valence-electron chi connectivity index (χ0n) is 10.5. The minimum atomic E-state index is -4.77. The Balaban J connectivity index is 2.90. The van der Waals surface area contributed by atoms with E-state index in [1.807, 2.05) is 0 Å². The normalized spacial score (nSPS) is 14.9. The summed E-state index contributed by atoms with van der Waals surface area (Å²) >= 11 is 0. The van der Waals surface area contributed by atoms with Crippen molar-refractivity contribution in [1.82, 2.24) is 0 Å². The van der Waals surface area contributed by atoms with Crippen molar-refractivity contribution < 1.29 is 27.4 Å². The molecule has 0 aliphatic carbocycles. The number of benzene rings is 1. The summed E-state index contributed by atoms with van der Waals surface area (Å²) in [7, 11) is 1.21. The van der Waals surface area contributed by atoms with E-state index in [0.29, 0.717) is 0 Å². The summed E-state index contributed by atoms with van der Waals surface area (Å²) < 4.78 is 56.1. The molecule has 0 bridgehead atoms. The monoisotopic (exact) mass is 281 g/mol. The maximum atomic E-state index is 13.3. The van der Waals surface area contributed by atoms with E-state index in [1.54, 1.807) is 0 Å². The van der Waals surface area contributed by atoms with Gasteiger partial charge in [-0.05, 0) is 18.6 Å². The zero-order chi connectivity index (χ0) is 14.7. The number of alkyl halides is 3. The Morgan fingerprint density at radius 1 is 1.32 bits per heavy atom. The van der Waals surface area contributed by atoms with Gasteiger partial charge in [-0.2, -0.15) is 13.2 Å². The van der Waals surface area contributed by atoms with Gasteiger partial charge in [0.25, 0.3) is 0 Å². The highest BCUT2D eigenvalue weighted by molar-refractivity contribution is 5.57. The molecular formula is C12H15F4NO2. The van der Waals surface area contributed by atoms with Crippen LogP contribution in [-0.2, 0) is 0 Å². The van der Waals surface area contributed by atoms with Crippen molar-refractivity contribution in [2.45, 2.75) is 25.1 Å². The number of nitrogens with one attached hydrogen (secondary N) is 1. The molecule has 1 atom stereocenters. The van der Waals surface area contributed by atoms with Gasteiger partial charge in [-0.3, -0.25) is 0 Å². The Morgan fingerprint density at radius 3 is 2.42 bits per heavy atom. The molecule has 7 heteroatoms. The molecule has 0 saturated carbocycles. The number of ether oxygens (including phenoxy) is 1. The van der Waals surface area contributed by atoms with Crippen LogP contribution >= 0.6 is 0 Å². The van der Waals surface area contributed by atoms with Gasteiger partial charge in [-0.1, -0.05) is 13.0 Å². The Labute approximate surface area is 108 Å². The smallest absolute Gasteiger partial charge is 0.418 e. The zero-order valence-corrected chi connectivity index (χ0v) is 10.5. The number of para-hydroxylation sites is 1. The third kappa shape index (κ3) is 3.28. The van der Waals surface area contributed by atoms with Gasteiger partial charge in [0.15, 0.2) is 17.2 Å². The van der Waals surface area contributed by atoms with Gasteiger partial charge in [0.2, 0.25) is 0 Å². The molecule has 3 nitrogen and oxygen atoms in total. The topological polar surface area (TPSA) is 41.5 Å². The second-order valence-electron chi connectivity index (χ2n) is 4.06. The highest BCUT2D eigenvalue weighted by Crippen LogP contribution is 2.34. The Hall–Kier alpha value is -1.50. The van der Waals surface area contributed by atoms with Gasteiger partial charge in [0.1, 0.15) is 0 Å². The van der Waals surface area contributed by atoms with Crippen molar-refractivity contribution in [2.24, 2.45) is 0 Å². The lowest BCUT2D eigenvalue weighted by atomic mass is 10.00. The summed E-state index contributed by atoms with van der Waals surface area (Å²) in [6, 6.07) is 3.83. The van der Waals surface area contributed by atoms with Gasteiger partial charge in [-0.15, -0.1) is 0 Å². The van der Waals surface area contributed by atoms with E-state index in [0.717, 1.165) is 6.07 Å². The predicted octanol–water partition coefficient (Wildman–Crippen LogP) is 2.95. The summed E-state index contributed by atoms with van der Waals surface area (Å²) in [5, 5.41) is 11.9. The number of hydrogen-bond acceptors (Lipinski definition) is 3. The second-order valence-corrected chi connectivity index (χ2v) is 4.06. The van der Waals surface area contributed by atoms with Crippen molar-refractivity contribution in [3.63, 3.8) is 0 Å². The lowest BCUT2D eigenvalue weighted by Gasteiger charge is -2.30. The summed E-state index contributed by atoms with van der Waals surface area (Å²) in [6.45, 7) is 0.435. The van der Waals surface area contributed by atoms with Crippen LogP contribution < -0.4 is 10.1 Å². The number of halogens is 4. The molecule has 0 spiro atoms. The van der Waals surface area contributed by atoms with Crippen LogP contribution in [-0.4, -0.2) is 30.5 Å². The van der Waals surface area contributed by atoms with E-state index >= 15 is 0 Å². The Bertz CT molecular complexity index is 436. The Kier molecular flexibility index (Phi) is 4.62. The Morgan fingerprint density at radius 2 is 1.95 bits per heavy atom. The molecule has 1 rings (SSSR count). The SMILES string of the molecule is CCC(O)(CNc1cccc(F)c1OC)C(F)(F)F. The molecule has 0 aliphatic heterocycles. The van der Waals surface area contributed by atoms with Crippen LogP contribution in [0.3, 0.4) is 0 Å². The third-order valence-electron chi connectivity index (χ3n) is 2.85. The standard InChI is InChI=1S/C12H15F4NO2/c1-3-11(18,12(14,15)16)7-17-9-6-4-5-8(13)10(9)19-2/h4-6,17-18H,3,7H2,1-2H3. The van der Waals surface area contributed by atoms with E-state index in [2.05, 4.69) is 5.32 Å². The number of hydrogen-bond donors (Lipinski definition) is 2. The minimum absolute atomic E-state index is 0.0543. The molecule has 108 valence electrons.